The summed E-state index contributed by atoms with van der Waals surface area (Å²) in [5, 5.41) is 10.7. The minimum absolute atomic E-state index is 0.0254. The summed E-state index contributed by atoms with van der Waals surface area (Å²) in [5.74, 6) is -1.47. The van der Waals surface area contributed by atoms with E-state index >= 15 is 0 Å². The minimum Gasteiger partial charge on any atom is -0.388 e. The molecule has 2 rings (SSSR count). The lowest BCUT2D eigenvalue weighted by molar-refractivity contribution is 0.173. The topological polar surface area (TPSA) is 20.2 Å². The fourth-order valence-corrected chi connectivity index (χ4v) is 2.19. The van der Waals surface area contributed by atoms with Gasteiger partial charge in [0.2, 0.25) is 0 Å². The first kappa shape index (κ1) is 14.3. The number of benzene rings is 2. The van der Waals surface area contributed by atoms with Crippen LogP contribution in [-0.2, 0) is 6.42 Å². The molecule has 19 heavy (non-hydrogen) atoms. The van der Waals surface area contributed by atoms with Crippen LogP contribution in [0.5, 0.6) is 0 Å². The molecule has 0 aliphatic rings. The number of aliphatic hydroxyl groups excluding tert-OH is 1. The van der Waals surface area contributed by atoms with Gasteiger partial charge < -0.3 is 5.11 Å². The van der Waals surface area contributed by atoms with E-state index in [1.54, 1.807) is 18.2 Å². The lowest BCUT2D eigenvalue weighted by Crippen LogP contribution is -2.05. The number of hydrogen-bond acceptors (Lipinski definition) is 1. The Kier molecular flexibility index (Phi) is 4.40. The summed E-state index contributed by atoms with van der Waals surface area (Å²) in [6.45, 7) is 0. The van der Waals surface area contributed by atoms with Crippen molar-refractivity contribution in [2.75, 3.05) is 0 Å². The second kappa shape index (κ2) is 5.87. The maximum Gasteiger partial charge on any atom is 0.131 e. The van der Waals surface area contributed by atoms with Gasteiger partial charge in [-0.1, -0.05) is 41.4 Å². The Hall–Kier alpha value is -1.16. The third kappa shape index (κ3) is 3.24. The van der Waals surface area contributed by atoms with Crippen molar-refractivity contribution < 1.29 is 13.9 Å². The van der Waals surface area contributed by atoms with E-state index < -0.39 is 17.7 Å². The van der Waals surface area contributed by atoms with Crippen LogP contribution in [0.3, 0.4) is 0 Å². The zero-order valence-electron chi connectivity index (χ0n) is 9.71. The van der Waals surface area contributed by atoms with Crippen molar-refractivity contribution in [1.29, 1.82) is 0 Å². The predicted molar refractivity (Wildman–Crippen MR) is 71.5 cm³/mol. The van der Waals surface area contributed by atoms with Crippen LogP contribution in [0.4, 0.5) is 8.78 Å². The van der Waals surface area contributed by atoms with E-state index in [1.165, 1.54) is 6.07 Å². The Balaban J connectivity index is 2.25. The third-order valence-electron chi connectivity index (χ3n) is 2.77. The molecule has 2 aromatic carbocycles. The molecule has 1 atom stereocenters. The summed E-state index contributed by atoms with van der Waals surface area (Å²) in [4.78, 5) is 0. The molecule has 5 heteroatoms. The summed E-state index contributed by atoms with van der Waals surface area (Å²) in [6, 6.07) is 8.06. The van der Waals surface area contributed by atoms with Gasteiger partial charge in [0.05, 0.1) is 16.1 Å². The Labute approximate surface area is 119 Å². The summed E-state index contributed by atoms with van der Waals surface area (Å²) in [5.41, 5.74) is 0.628. The van der Waals surface area contributed by atoms with Crippen molar-refractivity contribution in [3.63, 3.8) is 0 Å². The Morgan fingerprint density at radius 1 is 1.11 bits per heavy atom. The second-order valence-electron chi connectivity index (χ2n) is 4.10. The zero-order valence-corrected chi connectivity index (χ0v) is 11.2. The molecule has 0 fully saturated rings. The molecular formula is C14H10Cl2F2O. The van der Waals surface area contributed by atoms with Crippen molar-refractivity contribution in [1.82, 2.24) is 0 Å². The van der Waals surface area contributed by atoms with Crippen molar-refractivity contribution in [2.45, 2.75) is 12.5 Å². The molecule has 0 bridgehead atoms. The zero-order chi connectivity index (χ0) is 14.0. The maximum atomic E-state index is 13.5. The van der Waals surface area contributed by atoms with E-state index in [1.807, 2.05) is 0 Å². The molecule has 0 aliphatic carbocycles. The van der Waals surface area contributed by atoms with E-state index in [2.05, 4.69) is 0 Å². The number of rotatable bonds is 3. The average Bonchev–Trinajstić information content (AvgIpc) is 2.34. The van der Waals surface area contributed by atoms with Gasteiger partial charge in [-0.05, 0) is 17.7 Å². The van der Waals surface area contributed by atoms with Gasteiger partial charge in [-0.2, -0.15) is 0 Å². The van der Waals surface area contributed by atoms with Gasteiger partial charge in [0.25, 0.3) is 0 Å². The normalized spacial score (nSPS) is 12.5. The van der Waals surface area contributed by atoms with Crippen LogP contribution in [0.1, 0.15) is 17.2 Å². The molecule has 0 radical (unpaired) electrons. The van der Waals surface area contributed by atoms with Gasteiger partial charge >= 0.3 is 0 Å². The fourth-order valence-electron chi connectivity index (χ4n) is 1.80. The highest BCUT2D eigenvalue weighted by atomic mass is 35.5. The lowest BCUT2D eigenvalue weighted by Gasteiger charge is -2.13. The monoisotopic (exact) mass is 302 g/mol. The first-order valence-electron chi connectivity index (χ1n) is 5.55. The highest BCUT2D eigenvalue weighted by molar-refractivity contribution is 6.42. The summed E-state index contributed by atoms with van der Waals surface area (Å²) < 4.78 is 26.3. The van der Waals surface area contributed by atoms with Gasteiger partial charge in [0, 0.05) is 18.1 Å². The molecule has 0 aromatic heterocycles. The molecule has 1 N–H and O–H groups in total. The van der Waals surface area contributed by atoms with Crippen molar-refractivity contribution in [2.24, 2.45) is 0 Å². The SMILES string of the molecule is OC(Cc1cccc(Cl)c1Cl)c1ccc(F)cc1F. The summed E-state index contributed by atoms with van der Waals surface area (Å²) in [6.07, 6.45) is -1.02. The van der Waals surface area contributed by atoms with Crippen LogP contribution in [0.2, 0.25) is 10.0 Å². The van der Waals surface area contributed by atoms with E-state index in [0.717, 1.165) is 12.1 Å². The van der Waals surface area contributed by atoms with Gasteiger partial charge in [-0.15, -0.1) is 0 Å². The average molecular weight is 303 g/mol. The van der Waals surface area contributed by atoms with Crippen molar-refractivity contribution >= 4 is 23.2 Å². The van der Waals surface area contributed by atoms with Crippen molar-refractivity contribution in [3.8, 4) is 0 Å². The first-order valence-corrected chi connectivity index (χ1v) is 6.30. The van der Waals surface area contributed by atoms with Crippen LogP contribution >= 0.6 is 23.2 Å². The van der Waals surface area contributed by atoms with E-state index in [4.69, 9.17) is 23.2 Å². The van der Waals surface area contributed by atoms with Gasteiger partial charge in [-0.3, -0.25) is 0 Å². The van der Waals surface area contributed by atoms with E-state index in [-0.39, 0.29) is 12.0 Å². The highest BCUT2D eigenvalue weighted by Crippen LogP contribution is 2.30. The van der Waals surface area contributed by atoms with Crippen LogP contribution in [0.25, 0.3) is 0 Å². The Morgan fingerprint density at radius 3 is 2.53 bits per heavy atom. The van der Waals surface area contributed by atoms with Crippen LogP contribution in [-0.4, -0.2) is 5.11 Å². The molecule has 100 valence electrons. The number of halogens is 4. The molecule has 0 amide bonds. The quantitative estimate of drug-likeness (QED) is 0.882. The Morgan fingerprint density at radius 2 is 1.84 bits per heavy atom. The molecule has 0 saturated carbocycles. The van der Waals surface area contributed by atoms with E-state index in [9.17, 15) is 13.9 Å². The third-order valence-corrected chi connectivity index (χ3v) is 3.62. The molecule has 1 unspecified atom stereocenters. The van der Waals surface area contributed by atoms with Crippen LogP contribution in [0, 0.1) is 11.6 Å². The lowest BCUT2D eigenvalue weighted by atomic mass is 10.0. The predicted octanol–water partition coefficient (Wildman–Crippen LogP) is 4.55. The number of aliphatic hydroxyl groups is 1. The van der Waals surface area contributed by atoms with Crippen LogP contribution < -0.4 is 0 Å². The van der Waals surface area contributed by atoms with Crippen LogP contribution in [0.15, 0.2) is 36.4 Å². The van der Waals surface area contributed by atoms with Gasteiger partial charge in [-0.25, -0.2) is 8.78 Å². The highest BCUT2D eigenvalue weighted by Gasteiger charge is 2.16. The fraction of sp³-hybridized carbons (Fsp3) is 0.143. The van der Waals surface area contributed by atoms with Gasteiger partial charge in [0.15, 0.2) is 0 Å². The maximum absolute atomic E-state index is 13.5. The van der Waals surface area contributed by atoms with Gasteiger partial charge in [0.1, 0.15) is 11.6 Å². The second-order valence-corrected chi connectivity index (χ2v) is 4.88. The molecule has 2 aromatic rings. The standard InChI is InChI=1S/C14H10Cl2F2O/c15-11-3-1-2-8(14(11)16)6-13(19)10-5-4-9(17)7-12(10)18/h1-5,7,13,19H,6H2. The molecular weight excluding hydrogens is 293 g/mol. The van der Waals surface area contributed by atoms with E-state index in [0.29, 0.717) is 15.6 Å². The first-order chi connectivity index (χ1) is 8.99. The molecule has 0 heterocycles. The molecule has 0 saturated heterocycles. The summed E-state index contributed by atoms with van der Waals surface area (Å²) in [7, 11) is 0. The molecule has 1 nitrogen and oxygen atoms in total. The molecule has 0 spiro atoms. The Bertz CT molecular complexity index is 602. The smallest absolute Gasteiger partial charge is 0.131 e. The summed E-state index contributed by atoms with van der Waals surface area (Å²) >= 11 is 11.9. The minimum atomic E-state index is -1.11. The largest absolute Gasteiger partial charge is 0.388 e. The molecule has 0 aliphatic heterocycles. The van der Waals surface area contributed by atoms with Crippen molar-refractivity contribution in [3.05, 3.63) is 69.2 Å². The number of hydrogen-bond donors (Lipinski definition) is 1.